The van der Waals surface area contributed by atoms with Crippen molar-refractivity contribution in [2.24, 2.45) is 7.05 Å². The molecule has 0 spiro atoms. The van der Waals surface area contributed by atoms with Crippen LogP contribution in [0.5, 0.6) is 0 Å². The molecule has 0 amide bonds. The van der Waals surface area contributed by atoms with Gasteiger partial charge >= 0.3 is 0 Å². The predicted octanol–water partition coefficient (Wildman–Crippen LogP) is 2.83. The molecule has 2 aromatic rings. The van der Waals surface area contributed by atoms with Gasteiger partial charge < -0.3 is 5.32 Å². The number of nitrogens with one attached hydrogen (secondary N) is 1. The number of aryl methyl sites for hydroxylation is 3. The highest BCUT2D eigenvalue weighted by Crippen LogP contribution is 2.19. The van der Waals surface area contributed by atoms with Crippen molar-refractivity contribution in [3.05, 3.63) is 46.3 Å². The average Bonchev–Trinajstić information content (AvgIpc) is 2.62. The highest BCUT2D eigenvalue weighted by Gasteiger charge is 2.09. The molecule has 1 heterocycles. The van der Waals surface area contributed by atoms with Gasteiger partial charge in [-0.3, -0.25) is 4.68 Å². The summed E-state index contributed by atoms with van der Waals surface area (Å²) in [4.78, 5) is 0. The minimum atomic E-state index is 0.680. The minimum absolute atomic E-state index is 0.680. The molecule has 0 bridgehead atoms. The highest BCUT2D eigenvalue weighted by atomic mass is 15.3. The first-order valence-electron chi connectivity index (χ1n) is 6.26. The van der Waals surface area contributed by atoms with E-state index in [1.165, 1.54) is 5.56 Å². The summed E-state index contributed by atoms with van der Waals surface area (Å²) < 4.78 is 1.88. The van der Waals surface area contributed by atoms with E-state index in [2.05, 4.69) is 23.4 Å². The summed E-state index contributed by atoms with van der Waals surface area (Å²) in [6.07, 6.45) is 0. The van der Waals surface area contributed by atoms with E-state index >= 15 is 0 Å². The Balaban J connectivity index is 2.22. The minimum Gasteiger partial charge on any atom is -0.380 e. The van der Waals surface area contributed by atoms with E-state index in [9.17, 15) is 0 Å². The first kappa shape index (κ1) is 13.2. The molecule has 1 N–H and O–H groups in total. The maximum atomic E-state index is 9.15. The van der Waals surface area contributed by atoms with Crippen LogP contribution in [0.4, 0.5) is 5.69 Å². The molecule has 0 aliphatic carbocycles. The van der Waals surface area contributed by atoms with Crippen molar-refractivity contribution in [1.29, 1.82) is 5.26 Å². The normalized spacial score (nSPS) is 10.3. The fourth-order valence-electron chi connectivity index (χ4n) is 2.16. The number of hydrogen-bond donors (Lipinski definition) is 1. The molecular weight excluding hydrogens is 236 g/mol. The largest absolute Gasteiger partial charge is 0.380 e. The fourth-order valence-corrected chi connectivity index (χ4v) is 2.16. The van der Waals surface area contributed by atoms with Crippen molar-refractivity contribution in [2.45, 2.75) is 27.3 Å². The number of hydrogen-bond acceptors (Lipinski definition) is 3. The zero-order chi connectivity index (χ0) is 14.0. The Kier molecular flexibility index (Phi) is 3.57. The van der Waals surface area contributed by atoms with Gasteiger partial charge in [-0.2, -0.15) is 10.4 Å². The molecule has 1 aromatic carbocycles. The predicted molar refractivity (Wildman–Crippen MR) is 75.9 cm³/mol. The van der Waals surface area contributed by atoms with Crippen LogP contribution in [0.25, 0.3) is 0 Å². The topological polar surface area (TPSA) is 53.6 Å². The summed E-state index contributed by atoms with van der Waals surface area (Å²) in [6, 6.07) is 8.08. The molecule has 98 valence electrons. The van der Waals surface area contributed by atoms with Crippen LogP contribution in [-0.2, 0) is 13.6 Å². The number of benzene rings is 1. The highest BCUT2D eigenvalue weighted by molar-refractivity contribution is 5.58. The Labute approximate surface area is 113 Å². The Bertz CT molecular complexity index is 647. The van der Waals surface area contributed by atoms with E-state index in [-0.39, 0.29) is 0 Å². The summed E-state index contributed by atoms with van der Waals surface area (Å²) >= 11 is 0. The van der Waals surface area contributed by atoms with Crippen molar-refractivity contribution in [1.82, 2.24) is 9.78 Å². The van der Waals surface area contributed by atoms with E-state index in [0.717, 1.165) is 22.6 Å². The van der Waals surface area contributed by atoms with Crippen LogP contribution in [0.3, 0.4) is 0 Å². The number of aromatic nitrogens is 2. The van der Waals surface area contributed by atoms with E-state index in [1.54, 1.807) is 0 Å². The quantitative estimate of drug-likeness (QED) is 0.916. The van der Waals surface area contributed by atoms with Crippen LogP contribution < -0.4 is 5.32 Å². The lowest BCUT2D eigenvalue weighted by molar-refractivity contribution is 0.730. The Morgan fingerprint density at radius 3 is 2.63 bits per heavy atom. The molecular formula is C15H18N4. The monoisotopic (exact) mass is 254 g/mol. The van der Waals surface area contributed by atoms with Crippen molar-refractivity contribution >= 4 is 5.69 Å². The van der Waals surface area contributed by atoms with Crippen molar-refractivity contribution in [3.63, 3.8) is 0 Å². The molecule has 0 aliphatic rings. The lowest BCUT2D eigenvalue weighted by Crippen LogP contribution is -2.04. The van der Waals surface area contributed by atoms with E-state index in [1.807, 2.05) is 43.8 Å². The van der Waals surface area contributed by atoms with Crippen LogP contribution in [0.15, 0.2) is 18.2 Å². The van der Waals surface area contributed by atoms with Crippen molar-refractivity contribution in [2.75, 3.05) is 5.32 Å². The summed E-state index contributed by atoms with van der Waals surface area (Å²) in [6.45, 7) is 6.73. The second-order valence-corrected chi connectivity index (χ2v) is 4.79. The number of anilines is 1. The third-order valence-corrected chi connectivity index (χ3v) is 3.41. The van der Waals surface area contributed by atoms with Crippen LogP contribution >= 0.6 is 0 Å². The maximum absolute atomic E-state index is 9.15. The first-order valence-corrected chi connectivity index (χ1v) is 6.26. The zero-order valence-electron chi connectivity index (χ0n) is 11.8. The van der Waals surface area contributed by atoms with Gasteiger partial charge in [-0.05, 0) is 38.5 Å². The molecule has 0 unspecified atom stereocenters. The van der Waals surface area contributed by atoms with Gasteiger partial charge in [-0.1, -0.05) is 6.07 Å². The van der Waals surface area contributed by atoms with Crippen LogP contribution in [0.2, 0.25) is 0 Å². The molecule has 2 rings (SSSR count). The molecule has 0 saturated heterocycles. The second-order valence-electron chi connectivity index (χ2n) is 4.79. The van der Waals surface area contributed by atoms with Gasteiger partial charge in [0.15, 0.2) is 0 Å². The van der Waals surface area contributed by atoms with Gasteiger partial charge in [0.25, 0.3) is 0 Å². The molecule has 1 aromatic heterocycles. The number of nitriles is 1. The number of rotatable bonds is 3. The molecule has 0 saturated carbocycles. The van der Waals surface area contributed by atoms with E-state index < -0.39 is 0 Å². The van der Waals surface area contributed by atoms with E-state index in [4.69, 9.17) is 5.26 Å². The van der Waals surface area contributed by atoms with Crippen molar-refractivity contribution in [3.8, 4) is 6.07 Å². The average molecular weight is 254 g/mol. The molecule has 0 aliphatic heterocycles. The Hall–Kier alpha value is -2.28. The summed E-state index contributed by atoms with van der Waals surface area (Å²) in [5.41, 5.74) is 6.01. The van der Waals surface area contributed by atoms with Crippen molar-refractivity contribution < 1.29 is 0 Å². The van der Waals surface area contributed by atoms with E-state index in [0.29, 0.717) is 12.1 Å². The second kappa shape index (κ2) is 5.15. The van der Waals surface area contributed by atoms with Gasteiger partial charge in [0.05, 0.1) is 16.9 Å². The summed E-state index contributed by atoms with van der Waals surface area (Å²) in [5, 5.41) is 16.9. The molecule has 4 heteroatoms. The van der Waals surface area contributed by atoms with Crippen LogP contribution in [0.1, 0.15) is 28.1 Å². The van der Waals surface area contributed by atoms with Gasteiger partial charge in [0, 0.05) is 24.8 Å². The lowest BCUT2D eigenvalue weighted by Gasteiger charge is -2.09. The third kappa shape index (κ3) is 2.60. The molecule has 0 fully saturated rings. The Morgan fingerprint density at radius 1 is 1.32 bits per heavy atom. The third-order valence-electron chi connectivity index (χ3n) is 3.41. The van der Waals surface area contributed by atoms with Crippen LogP contribution in [0, 0.1) is 32.1 Å². The van der Waals surface area contributed by atoms with Gasteiger partial charge in [0.1, 0.15) is 6.07 Å². The standard InChI is InChI=1S/C15H18N4/c1-10-5-6-15(13(7-10)8-16)17-9-14-11(2)18-19(4)12(14)3/h5-7,17H,9H2,1-4H3. The fraction of sp³-hybridized carbons (Fsp3) is 0.333. The summed E-state index contributed by atoms with van der Waals surface area (Å²) in [5.74, 6) is 0. The van der Waals surface area contributed by atoms with Gasteiger partial charge in [-0.15, -0.1) is 0 Å². The summed E-state index contributed by atoms with van der Waals surface area (Å²) in [7, 11) is 1.94. The van der Waals surface area contributed by atoms with Crippen LogP contribution in [-0.4, -0.2) is 9.78 Å². The molecule has 4 nitrogen and oxygen atoms in total. The SMILES string of the molecule is Cc1ccc(NCc2c(C)nn(C)c2C)c(C#N)c1. The Morgan fingerprint density at radius 2 is 2.05 bits per heavy atom. The lowest BCUT2D eigenvalue weighted by atomic mass is 10.1. The zero-order valence-corrected chi connectivity index (χ0v) is 11.8. The molecule has 0 radical (unpaired) electrons. The first-order chi connectivity index (χ1) is 9.02. The van der Waals surface area contributed by atoms with Gasteiger partial charge in [-0.25, -0.2) is 0 Å². The maximum Gasteiger partial charge on any atom is 0.101 e. The molecule has 19 heavy (non-hydrogen) atoms. The van der Waals surface area contributed by atoms with Gasteiger partial charge in [0.2, 0.25) is 0 Å². The molecule has 0 atom stereocenters. The number of nitrogens with zero attached hydrogens (tertiary/aromatic N) is 3. The smallest absolute Gasteiger partial charge is 0.101 e.